The minimum absolute atomic E-state index is 0.181. The first kappa shape index (κ1) is 13.2. The van der Waals surface area contributed by atoms with Crippen LogP contribution in [0.4, 0.5) is 4.39 Å². The third-order valence-electron chi connectivity index (χ3n) is 3.76. The van der Waals surface area contributed by atoms with Gasteiger partial charge in [0.2, 0.25) is 0 Å². The summed E-state index contributed by atoms with van der Waals surface area (Å²) in [5.74, 6) is -0.268. The summed E-state index contributed by atoms with van der Waals surface area (Å²) in [6, 6.07) is 6.24. The van der Waals surface area contributed by atoms with Gasteiger partial charge in [-0.2, -0.15) is 0 Å². The Bertz CT molecular complexity index is 746. The van der Waals surface area contributed by atoms with E-state index in [1.54, 1.807) is 16.7 Å². The summed E-state index contributed by atoms with van der Waals surface area (Å²) in [5, 5.41) is 0. The van der Waals surface area contributed by atoms with E-state index >= 15 is 0 Å². The van der Waals surface area contributed by atoms with Gasteiger partial charge < -0.3 is 0 Å². The molecule has 3 rings (SSSR count). The molecule has 104 valence electrons. The Labute approximate surface area is 121 Å². The topological polar surface area (TPSA) is 37.8 Å². The number of aromatic amines is 1. The number of benzene rings is 1. The van der Waals surface area contributed by atoms with E-state index in [9.17, 15) is 9.18 Å². The Morgan fingerprint density at radius 3 is 2.65 bits per heavy atom. The Hall–Kier alpha value is -1.75. The fraction of sp³-hybridized carbons (Fsp3) is 0.333. The summed E-state index contributed by atoms with van der Waals surface area (Å²) in [5.41, 5.74) is 2.86. The van der Waals surface area contributed by atoms with Gasteiger partial charge in [0.25, 0.3) is 0 Å². The van der Waals surface area contributed by atoms with Crippen molar-refractivity contribution in [2.45, 2.75) is 32.2 Å². The zero-order valence-corrected chi connectivity index (χ0v) is 11.8. The van der Waals surface area contributed by atoms with Gasteiger partial charge in [0.05, 0.1) is 6.54 Å². The van der Waals surface area contributed by atoms with Crippen molar-refractivity contribution in [1.82, 2.24) is 9.55 Å². The first-order valence-electron chi connectivity index (χ1n) is 6.74. The van der Waals surface area contributed by atoms with Crippen LogP contribution in [0.25, 0.3) is 0 Å². The van der Waals surface area contributed by atoms with E-state index in [0.29, 0.717) is 11.2 Å². The van der Waals surface area contributed by atoms with Gasteiger partial charge in [-0.25, -0.2) is 9.18 Å². The van der Waals surface area contributed by atoms with Crippen LogP contribution in [0.5, 0.6) is 0 Å². The lowest BCUT2D eigenvalue weighted by Crippen LogP contribution is -2.30. The average molecular weight is 290 g/mol. The lowest BCUT2D eigenvalue weighted by Gasteiger charge is -2.20. The van der Waals surface area contributed by atoms with Crippen molar-refractivity contribution in [2.24, 2.45) is 0 Å². The summed E-state index contributed by atoms with van der Waals surface area (Å²) in [6.07, 6.45) is 3.99. The van der Waals surface area contributed by atoms with Gasteiger partial charge in [-0.05, 0) is 43.4 Å². The Balaban J connectivity index is 2.07. The smallest absolute Gasteiger partial charge is 0.298 e. The second-order valence-corrected chi connectivity index (χ2v) is 5.51. The maximum atomic E-state index is 12.9. The van der Waals surface area contributed by atoms with E-state index < -0.39 is 0 Å². The molecule has 0 spiro atoms. The molecule has 20 heavy (non-hydrogen) atoms. The van der Waals surface area contributed by atoms with Gasteiger partial charge >= 0.3 is 5.69 Å². The molecule has 3 nitrogen and oxygen atoms in total. The number of H-pyrrole nitrogens is 1. The molecule has 0 fully saturated rings. The van der Waals surface area contributed by atoms with Crippen molar-refractivity contribution in [3.63, 3.8) is 0 Å². The van der Waals surface area contributed by atoms with Crippen LogP contribution in [0.3, 0.4) is 0 Å². The van der Waals surface area contributed by atoms with Crippen molar-refractivity contribution in [2.75, 3.05) is 0 Å². The molecule has 0 radical (unpaired) electrons. The number of aromatic nitrogens is 2. The van der Waals surface area contributed by atoms with Crippen LogP contribution < -0.4 is 5.69 Å². The maximum absolute atomic E-state index is 12.9. The predicted octanol–water partition coefficient (Wildman–Crippen LogP) is 2.97. The maximum Gasteiger partial charge on any atom is 0.327 e. The molecule has 0 saturated carbocycles. The van der Waals surface area contributed by atoms with E-state index in [0.717, 1.165) is 42.5 Å². The molecule has 0 aliphatic heterocycles. The monoisotopic (exact) mass is 290 g/mol. The number of hydrogen-bond donors (Lipinski definition) is 1. The van der Waals surface area contributed by atoms with Gasteiger partial charge in [0.1, 0.15) is 10.5 Å². The van der Waals surface area contributed by atoms with Crippen LogP contribution in [0.15, 0.2) is 29.1 Å². The van der Waals surface area contributed by atoms with E-state index in [2.05, 4.69) is 4.98 Å². The van der Waals surface area contributed by atoms with Crippen LogP contribution in [-0.2, 0) is 19.4 Å². The van der Waals surface area contributed by atoms with Crippen LogP contribution in [0, 0.1) is 10.5 Å². The fourth-order valence-corrected chi connectivity index (χ4v) is 3.04. The first-order chi connectivity index (χ1) is 9.65. The molecule has 1 aliphatic carbocycles. The number of nitrogens with one attached hydrogen (secondary N) is 1. The number of rotatable bonds is 2. The molecule has 0 unspecified atom stereocenters. The Morgan fingerprint density at radius 1 is 1.20 bits per heavy atom. The molecule has 0 atom stereocenters. The minimum atomic E-state index is -0.268. The van der Waals surface area contributed by atoms with E-state index in [4.69, 9.17) is 12.2 Å². The molecule has 1 N–H and O–H groups in total. The van der Waals surface area contributed by atoms with Crippen molar-refractivity contribution in [3.05, 3.63) is 62.0 Å². The standard InChI is InChI=1S/C15H15FN2OS/c16-11-7-5-10(6-8-11)9-18-13-4-2-1-3-12(13)14(20)17-15(18)19/h5-8H,1-4,9H2,(H,17,19,20). The van der Waals surface area contributed by atoms with E-state index in [1.165, 1.54) is 12.1 Å². The van der Waals surface area contributed by atoms with Crippen molar-refractivity contribution in [3.8, 4) is 0 Å². The summed E-state index contributed by atoms with van der Waals surface area (Å²) in [4.78, 5) is 14.9. The second kappa shape index (κ2) is 5.32. The highest BCUT2D eigenvalue weighted by molar-refractivity contribution is 7.71. The summed E-state index contributed by atoms with van der Waals surface area (Å²) < 4.78 is 15.2. The van der Waals surface area contributed by atoms with Crippen LogP contribution in [0.2, 0.25) is 0 Å². The summed E-state index contributed by atoms with van der Waals surface area (Å²) in [6.45, 7) is 0.452. The molecule has 0 amide bonds. The number of hydrogen-bond acceptors (Lipinski definition) is 2. The molecule has 1 aliphatic rings. The third kappa shape index (κ3) is 2.45. The zero-order chi connectivity index (χ0) is 14.1. The number of fused-ring (bicyclic) bond motifs is 1. The largest absolute Gasteiger partial charge is 0.327 e. The van der Waals surface area contributed by atoms with Crippen LogP contribution in [0.1, 0.15) is 29.7 Å². The molecular weight excluding hydrogens is 275 g/mol. The lowest BCUT2D eigenvalue weighted by atomic mass is 9.97. The molecule has 2 aromatic rings. The van der Waals surface area contributed by atoms with Gasteiger partial charge in [0, 0.05) is 11.3 Å². The number of nitrogens with zero attached hydrogens (tertiary/aromatic N) is 1. The Kier molecular flexibility index (Phi) is 3.53. The molecule has 0 saturated heterocycles. The fourth-order valence-electron chi connectivity index (χ4n) is 2.73. The van der Waals surface area contributed by atoms with E-state index in [1.807, 2.05) is 0 Å². The van der Waals surface area contributed by atoms with E-state index in [-0.39, 0.29) is 11.5 Å². The Morgan fingerprint density at radius 2 is 1.90 bits per heavy atom. The summed E-state index contributed by atoms with van der Waals surface area (Å²) >= 11 is 5.25. The summed E-state index contributed by atoms with van der Waals surface area (Å²) in [7, 11) is 0. The number of halogens is 1. The van der Waals surface area contributed by atoms with Gasteiger partial charge in [-0.1, -0.05) is 24.4 Å². The molecule has 1 aromatic carbocycles. The van der Waals surface area contributed by atoms with Crippen molar-refractivity contribution < 1.29 is 4.39 Å². The van der Waals surface area contributed by atoms with Crippen molar-refractivity contribution in [1.29, 1.82) is 0 Å². The highest BCUT2D eigenvalue weighted by atomic mass is 32.1. The van der Waals surface area contributed by atoms with Crippen LogP contribution in [-0.4, -0.2) is 9.55 Å². The molecule has 0 bridgehead atoms. The second-order valence-electron chi connectivity index (χ2n) is 5.10. The average Bonchev–Trinajstić information content (AvgIpc) is 2.45. The molecule has 1 aromatic heterocycles. The zero-order valence-electron chi connectivity index (χ0n) is 11.0. The van der Waals surface area contributed by atoms with Crippen molar-refractivity contribution >= 4 is 12.2 Å². The molecular formula is C15H15FN2OS. The third-order valence-corrected chi connectivity index (χ3v) is 4.11. The highest BCUT2D eigenvalue weighted by Crippen LogP contribution is 2.20. The molecule has 1 heterocycles. The highest BCUT2D eigenvalue weighted by Gasteiger charge is 2.16. The van der Waals surface area contributed by atoms with Gasteiger partial charge in [0.15, 0.2) is 0 Å². The minimum Gasteiger partial charge on any atom is -0.298 e. The quantitative estimate of drug-likeness (QED) is 0.863. The van der Waals surface area contributed by atoms with Crippen LogP contribution >= 0.6 is 12.2 Å². The normalized spacial score (nSPS) is 14.1. The first-order valence-corrected chi connectivity index (χ1v) is 7.15. The lowest BCUT2D eigenvalue weighted by molar-refractivity contribution is 0.583. The SMILES string of the molecule is O=c1[nH]c(=S)c2c(n1Cc1ccc(F)cc1)CCCC2. The van der Waals surface area contributed by atoms with Gasteiger partial charge in [-0.3, -0.25) is 9.55 Å². The molecule has 5 heteroatoms. The van der Waals surface area contributed by atoms with Gasteiger partial charge in [-0.15, -0.1) is 0 Å². The predicted molar refractivity (Wildman–Crippen MR) is 78.0 cm³/mol.